The van der Waals surface area contributed by atoms with Crippen LogP contribution in [0.15, 0.2) is 0 Å². The Kier molecular flexibility index (Phi) is 4.66. The number of aliphatic hydroxyl groups excluding tert-OH is 1. The molecule has 1 saturated carbocycles. The van der Waals surface area contributed by atoms with Crippen molar-refractivity contribution in [3.63, 3.8) is 0 Å². The molecule has 1 saturated heterocycles. The molecule has 0 amide bonds. The maximum atomic E-state index is 10.5. The zero-order valence-electron chi connectivity index (χ0n) is 10.6. The summed E-state index contributed by atoms with van der Waals surface area (Å²) in [5.41, 5.74) is 0. The standard InChI is InChI=1S/C14H27NO/c1-11-6-5-7-12(10-11)14(16)13-8-3-2-4-9-15-13/h11-16H,2-10H2,1H3. The van der Waals surface area contributed by atoms with Crippen molar-refractivity contribution in [3.8, 4) is 0 Å². The van der Waals surface area contributed by atoms with Crippen LogP contribution in [0.2, 0.25) is 0 Å². The highest BCUT2D eigenvalue weighted by Crippen LogP contribution is 2.32. The average Bonchev–Trinajstić information content (AvgIpc) is 2.56. The Morgan fingerprint density at radius 3 is 2.75 bits per heavy atom. The molecule has 2 rings (SSSR count). The van der Waals surface area contributed by atoms with Crippen LogP contribution in [-0.2, 0) is 0 Å². The third-order valence-corrected chi connectivity index (χ3v) is 4.47. The Hall–Kier alpha value is -0.0800. The van der Waals surface area contributed by atoms with Crippen molar-refractivity contribution in [2.45, 2.75) is 70.4 Å². The number of nitrogens with one attached hydrogen (secondary N) is 1. The number of aliphatic hydroxyl groups is 1. The lowest BCUT2D eigenvalue weighted by Crippen LogP contribution is -2.44. The molecule has 1 aliphatic carbocycles. The van der Waals surface area contributed by atoms with Crippen LogP contribution in [0.1, 0.15) is 58.3 Å². The minimum Gasteiger partial charge on any atom is -0.391 e. The Morgan fingerprint density at radius 1 is 1.06 bits per heavy atom. The molecular weight excluding hydrogens is 198 g/mol. The van der Waals surface area contributed by atoms with Crippen LogP contribution in [-0.4, -0.2) is 23.8 Å². The van der Waals surface area contributed by atoms with Crippen LogP contribution in [0.5, 0.6) is 0 Å². The summed E-state index contributed by atoms with van der Waals surface area (Å²) in [4.78, 5) is 0. The lowest BCUT2D eigenvalue weighted by Gasteiger charge is -2.34. The molecule has 2 heteroatoms. The highest BCUT2D eigenvalue weighted by Gasteiger charge is 2.30. The number of rotatable bonds is 2. The van der Waals surface area contributed by atoms with Gasteiger partial charge >= 0.3 is 0 Å². The first kappa shape index (κ1) is 12.4. The predicted molar refractivity (Wildman–Crippen MR) is 67.4 cm³/mol. The summed E-state index contributed by atoms with van der Waals surface area (Å²) in [6.45, 7) is 3.43. The lowest BCUT2D eigenvalue weighted by molar-refractivity contribution is 0.0388. The van der Waals surface area contributed by atoms with Gasteiger partial charge in [-0.3, -0.25) is 0 Å². The quantitative estimate of drug-likeness (QED) is 0.757. The van der Waals surface area contributed by atoms with E-state index in [1.165, 1.54) is 51.4 Å². The van der Waals surface area contributed by atoms with Crippen LogP contribution < -0.4 is 5.32 Å². The topological polar surface area (TPSA) is 32.3 Å². The zero-order valence-corrected chi connectivity index (χ0v) is 10.6. The van der Waals surface area contributed by atoms with Crippen LogP contribution in [0.25, 0.3) is 0 Å². The molecule has 0 bridgehead atoms. The maximum Gasteiger partial charge on any atom is 0.0721 e. The van der Waals surface area contributed by atoms with Crippen molar-refractivity contribution in [1.29, 1.82) is 0 Å². The largest absolute Gasteiger partial charge is 0.391 e. The van der Waals surface area contributed by atoms with E-state index in [0.717, 1.165) is 12.5 Å². The molecule has 2 fully saturated rings. The molecule has 0 spiro atoms. The summed E-state index contributed by atoms with van der Waals surface area (Å²) in [5.74, 6) is 1.37. The van der Waals surface area contributed by atoms with Crippen molar-refractivity contribution >= 4 is 0 Å². The zero-order chi connectivity index (χ0) is 11.4. The van der Waals surface area contributed by atoms with E-state index in [9.17, 15) is 5.11 Å². The normalized spacial score (nSPS) is 39.0. The number of hydrogen-bond donors (Lipinski definition) is 2. The molecule has 0 aromatic rings. The summed E-state index contributed by atoms with van der Waals surface area (Å²) < 4.78 is 0. The highest BCUT2D eigenvalue weighted by atomic mass is 16.3. The second-order valence-electron chi connectivity index (χ2n) is 5.93. The molecule has 1 heterocycles. The van der Waals surface area contributed by atoms with Gasteiger partial charge in [0.1, 0.15) is 0 Å². The van der Waals surface area contributed by atoms with Crippen molar-refractivity contribution in [1.82, 2.24) is 5.32 Å². The molecule has 2 aliphatic rings. The summed E-state index contributed by atoms with van der Waals surface area (Å²) in [5, 5.41) is 14.0. The molecule has 1 aliphatic heterocycles. The van der Waals surface area contributed by atoms with E-state index in [-0.39, 0.29) is 6.10 Å². The van der Waals surface area contributed by atoms with Gasteiger partial charge in [0.15, 0.2) is 0 Å². The Morgan fingerprint density at radius 2 is 1.94 bits per heavy atom. The van der Waals surface area contributed by atoms with Crippen LogP contribution in [0.3, 0.4) is 0 Å². The van der Waals surface area contributed by atoms with Gasteiger partial charge in [0.05, 0.1) is 6.10 Å². The monoisotopic (exact) mass is 225 g/mol. The van der Waals surface area contributed by atoms with Crippen molar-refractivity contribution in [2.75, 3.05) is 6.54 Å². The summed E-state index contributed by atoms with van der Waals surface area (Å²) in [6, 6.07) is 0.373. The third kappa shape index (κ3) is 3.21. The van der Waals surface area contributed by atoms with Gasteiger partial charge in [0.25, 0.3) is 0 Å². The molecular formula is C14H27NO. The van der Waals surface area contributed by atoms with Crippen LogP contribution in [0, 0.1) is 11.8 Å². The van der Waals surface area contributed by atoms with Gasteiger partial charge in [-0.15, -0.1) is 0 Å². The maximum absolute atomic E-state index is 10.5. The van der Waals surface area contributed by atoms with Gasteiger partial charge in [0, 0.05) is 6.04 Å². The Bertz CT molecular complexity index is 197. The fourth-order valence-corrected chi connectivity index (χ4v) is 3.47. The Balaban J connectivity index is 1.86. The van der Waals surface area contributed by atoms with E-state index >= 15 is 0 Å². The van der Waals surface area contributed by atoms with E-state index in [4.69, 9.17) is 0 Å². The fourth-order valence-electron chi connectivity index (χ4n) is 3.47. The predicted octanol–water partition coefficient (Wildman–Crippen LogP) is 2.71. The minimum atomic E-state index is -0.0964. The third-order valence-electron chi connectivity index (χ3n) is 4.47. The summed E-state index contributed by atoms with van der Waals surface area (Å²) in [7, 11) is 0. The second-order valence-corrected chi connectivity index (χ2v) is 5.93. The van der Waals surface area contributed by atoms with E-state index < -0.39 is 0 Å². The van der Waals surface area contributed by atoms with E-state index in [1.54, 1.807) is 0 Å². The first-order valence-electron chi connectivity index (χ1n) is 7.19. The minimum absolute atomic E-state index is 0.0964. The fraction of sp³-hybridized carbons (Fsp3) is 1.00. The van der Waals surface area contributed by atoms with Crippen molar-refractivity contribution < 1.29 is 5.11 Å². The molecule has 4 unspecified atom stereocenters. The molecule has 0 aromatic carbocycles. The highest BCUT2D eigenvalue weighted by molar-refractivity contribution is 4.86. The molecule has 0 radical (unpaired) electrons. The van der Waals surface area contributed by atoms with Crippen LogP contribution >= 0.6 is 0 Å². The lowest BCUT2D eigenvalue weighted by atomic mass is 9.77. The first-order valence-corrected chi connectivity index (χ1v) is 7.19. The van der Waals surface area contributed by atoms with Gasteiger partial charge in [-0.1, -0.05) is 32.6 Å². The molecule has 16 heavy (non-hydrogen) atoms. The van der Waals surface area contributed by atoms with E-state index in [1.807, 2.05) is 0 Å². The van der Waals surface area contributed by atoms with Crippen LogP contribution in [0.4, 0.5) is 0 Å². The van der Waals surface area contributed by atoms with Gasteiger partial charge in [-0.25, -0.2) is 0 Å². The SMILES string of the molecule is CC1CCCC(C(O)C2CCCCCN2)C1. The van der Waals surface area contributed by atoms with Crippen molar-refractivity contribution in [3.05, 3.63) is 0 Å². The average molecular weight is 225 g/mol. The molecule has 0 aromatic heterocycles. The molecule has 94 valence electrons. The van der Waals surface area contributed by atoms with Crippen molar-refractivity contribution in [2.24, 2.45) is 11.8 Å². The van der Waals surface area contributed by atoms with E-state index in [2.05, 4.69) is 12.2 Å². The Labute approximate surface area is 99.8 Å². The summed E-state index contributed by atoms with van der Waals surface area (Å²) >= 11 is 0. The molecule has 2 N–H and O–H groups in total. The summed E-state index contributed by atoms with van der Waals surface area (Å²) in [6.07, 6.45) is 10.1. The second kappa shape index (κ2) is 6.02. The molecule has 4 atom stereocenters. The van der Waals surface area contributed by atoms with Gasteiger partial charge in [-0.2, -0.15) is 0 Å². The first-order chi connectivity index (χ1) is 7.77. The number of hydrogen-bond acceptors (Lipinski definition) is 2. The van der Waals surface area contributed by atoms with Gasteiger partial charge in [0.2, 0.25) is 0 Å². The van der Waals surface area contributed by atoms with E-state index in [0.29, 0.717) is 12.0 Å². The molecule has 2 nitrogen and oxygen atoms in total. The van der Waals surface area contributed by atoms with Gasteiger partial charge < -0.3 is 10.4 Å². The smallest absolute Gasteiger partial charge is 0.0721 e. The van der Waals surface area contributed by atoms with Gasteiger partial charge in [-0.05, 0) is 44.1 Å².